The van der Waals surface area contributed by atoms with Gasteiger partial charge in [-0.2, -0.15) is 13.2 Å². The number of hydrogen-bond acceptors (Lipinski definition) is 8. The summed E-state index contributed by atoms with van der Waals surface area (Å²) >= 11 is 0. The molecule has 0 bridgehead atoms. The molecular formula is C21H26F3N9OS. The molecule has 0 spiro atoms. The first-order valence-corrected chi connectivity index (χ1v) is 13.3. The van der Waals surface area contributed by atoms with Crippen LogP contribution in [0.5, 0.6) is 0 Å². The zero-order valence-electron chi connectivity index (χ0n) is 19.1. The quantitative estimate of drug-likeness (QED) is 0.293. The molecular weight excluding hydrogens is 483 g/mol. The van der Waals surface area contributed by atoms with Crippen molar-refractivity contribution in [1.29, 1.82) is 5.41 Å². The fourth-order valence-electron chi connectivity index (χ4n) is 4.21. The molecule has 0 radical (unpaired) electrons. The highest BCUT2D eigenvalue weighted by Gasteiger charge is 2.34. The van der Waals surface area contributed by atoms with Crippen molar-refractivity contribution >= 4 is 27.8 Å². The van der Waals surface area contributed by atoms with Gasteiger partial charge in [-0.3, -0.25) is 13.3 Å². The maximum Gasteiger partial charge on any atom is 0.434 e. The molecule has 4 rings (SSSR count). The van der Waals surface area contributed by atoms with Crippen LogP contribution in [0.1, 0.15) is 12.1 Å². The van der Waals surface area contributed by atoms with Gasteiger partial charge in [0.15, 0.2) is 17.2 Å². The molecule has 4 heterocycles. The third kappa shape index (κ3) is 5.48. The van der Waals surface area contributed by atoms with Gasteiger partial charge in [0.2, 0.25) is 0 Å². The average molecular weight is 510 g/mol. The number of anilines is 1. The highest BCUT2D eigenvalue weighted by atomic mass is 32.3. The molecule has 0 aliphatic carbocycles. The number of rotatable bonds is 6. The van der Waals surface area contributed by atoms with Crippen molar-refractivity contribution in [2.45, 2.75) is 18.6 Å². The Morgan fingerprint density at radius 2 is 2.03 bits per heavy atom. The summed E-state index contributed by atoms with van der Waals surface area (Å²) < 4.78 is 56.4. The highest BCUT2D eigenvalue weighted by Crippen LogP contribution is 2.30. The van der Waals surface area contributed by atoms with Crippen molar-refractivity contribution in [1.82, 2.24) is 29.1 Å². The van der Waals surface area contributed by atoms with Crippen molar-refractivity contribution in [3.8, 4) is 11.5 Å². The van der Waals surface area contributed by atoms with Gasteiger partial charge in [0, 0.05) is 56.2 Å². The molecule has 0 saturated carbocycles. The van der Waals surface area contributed by atoms with Crippen LogP contribution in [0.25, 0.3) is 17.2 Å². The third-order valence-corrected chi connectivity index (χ3v) is 6.64. The molecule has 35 heavy (non-hydrogen) atoms. The number of nitrogens with two attached hydrogens (primary N) is 1. The van der Waals surface area contributed by atoms with E-state index in [0.717, 1.165) is 12.4 Å². The predicted molar refractivity (Wildman–Crippen MR) is 129 cm³/mol. The van der Waals surface area contributed by atoms with Gasteiger partial charge in [0.05, 0.1) is 12.4 Å². The molecule has 4 N–H and O–H groups in total. The Labute approximate surface area is 200 Å². The van der Waals surface area contributed by atoms with Crippen LogP contribution in [-0.2, 0) is 16.3 Å². The summed E-state index contributed by atoms with van der Waals surface area (Å²) in [5.74, 6) is 0.624. The van der Waals surface area contributed by atoms with E-state index in [1.165, 1.54) is 29.2 Å². The SMILES string of the molecule is C[SH](C)(=O)NC1CC(/C(C=N)=C/N)CN(c2ccnc(-c3cnc4cnc(C(F)(F)F)cn34)n2)C1. The molecule has 2 unspecified atom stereocenters. The van der Waals surface area contributed by atoms with Crippen LogP contribution in [0.4, 0.5) is 19.0 Å². The van der Waals surface area contributed by atoms with Gasteiger partial charge in [-0.15, -0.1) is 0 Å². The molecule has 1 fully saturated rings. The van der Waals surface area contributed by atoms with Crippen molar-refractivity contribution in [3.05, 3.63) is 48.3 Å². The molecule has 0 amide bonds. The van der Waals surface area contributed by atoms with Crippen molar-refractivity contribution in [3.63, 3.8) is 0 Å². The Hall–Kier alpha value is -3.39. The Kier molecular flexibility index (Phi) is 6.60. The smallest absolute Gasteiger partial charge is 0.404 e. The predicted octanol–water partition coefficient (Wildman–Crippen LogP) is 1.67. The van der Waals surface area contributed by atoms with Gasteiger partial charge in [-0.05, 0) is 24.3 Å². The average Bonchev–Trinajstić information content (AvgIpc) is 3.21. The maximum atomic E-state index is 13.2. The van der Waals surface area contributed by atoms with Crippen molar-refractivity contribution in [2.75, 3.05) is 30.5 Å². The third-order valence-electron chi connectivity index (χ3n) is 5.65. The molecule has 2 atom stereocenters. The number of hydrogen-bond donors (Lipinski definition) is 4. The van der Waals surface area contributed by atoms with E-state index in [9.17, 15) is 17.4 Å². The van der Waals surface area contributed by atoms with Crippen LogP contribution >= 0.6 is 0 Å². The van der Waals surface area contributed by atoms with Gasteiger partial charge in [-0.25, -0.2) is 19.9 Å². The molecule has 1 saturated heterocycles. The van der Waals surface area contributed by atoms with Gasteiger partial charge < -0.3 is 16.0 Å². The van der Waals surface area contributed by atoms with Crippen LogP contribution in [0.2, 0.25) is 0 Å². The molecule has 3 aromatic rings. The van der Waals surface area contributed by atoms with E-state index >= 15 is 0 Å². The highest BCUT2D eigenvalue weighted by molar-refractivity contribution is 7.99. The Balaban J connectivity index is 1.70. The minimum atomic E-state index is -4.61. The van der Waals surface area contributed by atoms with E-state index in [0.29, 0.717) is 30.9 Å². The van der Waals surface area contributed by atoms with Crippen molar-refractivity contribution in [2.24, 2.45) is 11.7 Å². The number of imidazole rings is 1. The fourth-order valence-corrected chi connectivity index (χ4v) is 5.28. The van der Waals surface area contributed by atoms with Crippen LogP contribution in [-0.4, -0.2) is 66.4 Å². The second-order valence-electron chi connectivity index (χ2n) is 8.71. The zero-order chi connectivity index (χ0) is 25.4. The second-order valence-corrected chi connectivity index (χ2v) is 11.7. The number of alkyl halides is 3. The molecule has 1 aliphatic rings. The first-order valence-electron chi connectivity index (χ1n) is 10.7. The molecule has 10 nitrogen and oxygen atoms in total. The van der Waals surface area contributed by atoms with Gasteiger partial charge in [0.1, 0.15) is 11.5 Å². The number of thiol groups is 1. The van der Waals surface area contributed by atoms with E-state index in [1.807, 2.05) is 4.90 Å². The van der Waals surface area contributed by atoms with Crippen LogP contribution < -0.4 is 15.4 Å². The minimum absolute atomic E-state index is 0.107. The van der Waals surface area contributed by atoms with E-state index in [-0.39, 0.29) is 29.1 Å². The summed E-state index contributed by atoms with van der Waals surface area (Å²) in [4.78, 5) is 18.4. The molecule has 14 heteroatoms. The lowest BCUT2D eigenvalue weighted by atomic mass is 9.89. The first kappa shape index (κ1) is 24.7. The van der Waals surface area contributed by atoms with Crippen LogP contribution in [0, 0.1) is 11.3 Å². The van der Waals surface area contributed by atoms with Crippen LogP contribution in [0.3, 0.4) is 0 Å². The number of fused-ring (bicyclic) bond motifs is 1. The summed E-state index contributed by atoms with van der Waals surface area (Å²) in [6, 6.07) is 1.54. The normalized spacial score (nSPS) is 20.3. The van der Waals surface area contributed by atoms with Crippen LogP contribution in [0.15, 0.2) is 42.6 Å². The van der Waals surface area contributed by atoms with E-state index in [1.54, 1.807) is 18.6 Å². The summed E-state index contributed by atoms with van der Waals surface area (Å²) in [6.45, 7) is 0.990. The molecule has 1 aliphatic heterocycles. The Morgan fingerprint density at radius 1 is 1.26 bits per heavy atom. The monoisotopic (exact) mass is 509 g/mol. The number of aromatic nitrogens is 5. The topological polar surface area (TPSA) is 138 Å². The largest absolute Gasteiger partial charge is 0.434 e. The first-order chi connectivity index (χ1) is 16.5. The maximum absolute atomic E-state index is 13.2. The minimum Gasteiger partial charge on any atom is -0.404 e. The summed E-state index contributed by atoms with van der Waals surface area (Å²) in [5, 5.41) is 7.69. The van der Waals surface area contributed by atoms with E-state index in [4.69, 9.17) is 11.1 Å². The molecule has 0 aromatic carbocycles. The van der Waals surface area contributed by atoms with Gasteiger partial charge in [-0.1, -0.05) is 10.1 Å². The summed E-state index contributed by atoms with van der Waals surface area (Å²) in [5.41, 5.74) is 5.84. The zero-order valence-corrected chi connectivity index (χ0v) is 20.0. The Morgan fingerprint density at radius 3 is 2.69 bits per heavy atom. The Bertz CT molecular complexity index is 1320. The van der Waals surface area contributed by atoms with Gasteiger partial charge >= 0.3 is 6.18 Å². The number of nitrogens with zero attached hydrogens (tertiary/aromatic N) is 6. The number of nitrogens with one attached hydrogen (secondary N) is 2. The lowest BCUT2D eigenvalue weighted by Crippen LogP contribution is -2.52. The van der Waals surface area contributed by atoms with Gasteiger partial charge in [0.25, 0.3) is 0 Å². The molecule has 188 valence electrons. The standard InChI is InChI=1S/C21H26F3N9OS/c1-35(2,34)31-15-5-13(14(6-25)7-26)10-32(11-15)18-3-4-27-20(30-18)16-8-29-19-9-28-17(12-33(16)19)21(22,23)24/h3-4,6-9,12-13,15,25,35H,5,10-11,26H2,1-2H3,(H,31,34)/b14-7+,25-6?. The summed E-state index contributed by atoms with van der Waals surface area (Å²) in [7, 11) is -2.55. The number of halogens is 3. The fraction of sp³-hybridized carbons (Fsp3) is 0.381. The van der Waals surface area contributed by atoms with E-state index < -0.39 is 22.0 Å². The van der Waals surface area contributed by atoms with E-state index in [2.05, 4.69) is 24.7 Å². The lowest BCUT2D eigenvalue weighted by molar-refractivity contribution is -0.141. The molecule has 3 aromatic heterocycles. The second kappa shape index (κ2) is 9.34. The summed E-state index contributed by atoms with van der Waals surface area (Å²) in [6.07, 6.45) is 6.77. The van der Waals surface area contributed by atoms with Crippen molar-refractivity contribution < 1.29 is 17.4 Å². The lowest BCUT2D eigenvalue weighted by Gasteiger charge is -2.40. The number of piperidine rings is 1.